The summed E-state index contributed by atoms with van der Waals surface area (Å²) in [5.41, 5.74) is 6.74. The van der Waals surface area contributed by atoms with Gasteiger partial charge in [0.15, 0.2) is 0 Å². The minimum atomic E-state index is 0.0206. The first-order valence-electron chi connectivity index (χ1n) is 7.82. The van der Waals surface area contributed by atoms with Gasteiger partial charge in [0.2, 0.25) is 5.91 Å². The lowest BCUT2D eigenvalue weighted by Gasteiger charge is -2.18. The van der Waals surface area contributed by atoms with Crippen molar-refractivity contribution in [2.45, 2.75) is 52.0 Å². The van der Waals surface area contributed by atoms with Crippen LogP contribution in [0.1, 0.15) is 57.6 Å². The molecule has 0 aliphatic carbocycles. The Hall–Kier alpha value is -0.870. The van der Waals surface area contributed by atoms with Gasteiger partial charge in [-0.3, -0.25) is 4.79 Å². The molecule has 1 unspecified atom stereocenters. The van der Waals surface area contributed by atoms with Gasteiger partial charge in [0, 0.05) is 10.9 Å². The number of carbonyl (C=O) groups is 1. The highest BCUT2D eigenvalue weighted by Gasteiger charge is 2.14. The second kappa shape index (κ2) is 9.96. The number of nitrogens with two attached hydrogens (primary N) is 1. The molecule has 1 aromatic rings. The summed E-state index contributed by atoms with van der Waals surface area (Å²) >= 11 is 3.52. The van der Waals surface area contributed by atoms with E-state index in [1.165, 1.54) is 0 Å². The number of halogens is 1. The van der Waals surface area contributed by atoms with Crippen LogP contribution < -0.4 is 11.1 Å². The molecule has 2 atom stereocenters. The summed E-state index contributed by atoms with van der Waals surface area (Å²) in [6.07, 6.45) is 4.84. The van der Waals surface area contributed by atoms with Gasteiger partial charge >= 0.3 is 0 Å². The molecular formula is C17H27BrN2O. The molecule has 0 aliphatic rings. The van der Waals surface area contributed by atoms with Crippen molar-refractivity contribution in [2.24, 2.45) is 11.7 Å². The normalized spacial score (nSPS) is 13.7. The summed E-state index contributed by atoms with van der Waals surface area (Å²) in [6.45, 7) is 4.90. The zero-order chi connectivity index (χ0) is 15.7. The van der Waals surface area contributed by atoms with E-state index >= 15 is 0 Å². The summed E-state index contributed by atoms with van der Waals surface area (Å²) in [4.78, 5) is 12.1. The highest BCUT2D eigenvalue weighted by molar-refractivity contribution is 9.10. The van der Waals surface area contributed by atoms with Crippen LogP contribution in [0.2, 0.25) is 0 Å². The second-order valence-corrected chi connectivity index (χ2v) is 6.44. The van der Waals surface area contributed by atoms with E-state index in [2.05, 4.69) is 28.2 Å². The fraction of sp³-hybridized carbons (Fsp3) is 0.588. The Kier molecular flexibility index (Phi) is 8.62. The maximum atomic E-state index is 12.1. The van der Waals surface area contributed by atoms with Crippen molar-refractivity contribution in [2.75, 3.05) is 6.54 Å². The summed E-state index contributed by atoms with van der Waals surface area (Å²) in [5.74, 6) is 0.695. The fourth-order valence-corrected chi connectivity index (χ4v) is 3.26. The number of rotatable bonds is 9. The standard InChI is InChI=1S/C17H27BrN2O/c1-3-6-14(11-12-19)9-10-17(21)20-13(2)15-7-4-5-8-16(15)18/h4-5,7-8,13-14H,3,6,9-12,19H2,1-2H3,(H,20,21)/t13-,14?/m0/s1. The average molecular weight is 355 g/mol. The Balaban J connectivity index is 2.44. The molecule has 0 saturated heterocycles. The van der Waals surface area contributed by atoms with Crippen molar-refractivity contribution in [3.05, 3.63) is 34.3 Å². The molecule has 0 fully saturated rings. The Bertz CT molecular complexity index is 431. The highest BCUT2D eigenvalue weighted by atomic mass is 79.9. The van der Waals surface area contributed by atoms with Crippen LogP contribution in [0.25, 0.3) is 0 Å². The number of amides is 1. The predicted molar refractivity (Wildman–Crippen MR) is 92.0 cm³/mol. The smallest absolute Gasteiger partial charge is 0.220 e. The Labute approximate surface area is 136 Å². The molecule has 1 amide bonds. The quantitative estimate of drug-likeness (QED) is 0.698. The van der Waals surface area contributed by atoms with Crippen LogP contribution in [0.5, 0.6) is 0 Å². The van der Waals surface area contributed by atoms with Gasteiger partial charge in [-0.2, -0.15) is 0 Å². The van der Waals surface area contributed by atoms with Crippen molar-refractivity contribution in [1.82, 2.24) is 5.32 Å². The Morgan fingerprint density at radius 2 is 2.00 bits per heavy atom. The topological polar surface area (TPSA) is 55.1 Å². The van der Waals surface area contributed by atoms with Gasteiger partial charge in [-0.05, 0) is 43.9 Å². The van der Waals surface area contributed by atoms with Crippen LogP contribution >= 0.6 is 15.9 Å². The average Bonchev–Trinajstić information content (AvgIpc) is 2.45. The third-order valence-corrected chi connectivity index (χ3v) is 4.52. The van der Waals surface area contributed by atoms with Crippen LogP contribution in [-0.2, 0) is 4.79 Å². The highest BCUT2D eigenvalue weighted by Crippen LogP contribution is 2.23. The van der Waals surface area contributed by atoms with Crippen molar-refractivity contribution in [3.8, 4) is 0 Å². The number of benzene rings is 1. The molecular weight excluding hydrogens is 328 g/mol. The first-order valence-corrected chi connectivity index (χ1v) is 8.61. The first-order chi connectivity index (χ1) is 10.1. The van der Waals surface area contributed by atoms with Gasteiger partial charge in [0.05, 0.1) is 6.04 Å². The van der Waals surface area contributed by atoms with E-state index in [4.69, 9.17) is 5.73 Å². The monoisotopic (exact) mass is 354 g/mol. The molecule has 0 bridgehead atoms. The number of hydrogen-bond acceptors (Lipinski definition) is 2. The van der Waals surface area contributed by atoms with Crippen LogP contribution in [-0.4, -0.2) is 12.5 Å². The zero-order valence-corrected chi connectivity index (χ0v) is 14.7. The van der Waals surface area contributed by atoms with Crippen LogP contribution in [0.4, 0.5) is 0 Å². The van der Waals surface area contributed by atoms with Gasteiger partial charge in [0.25, 0.3) is 0 Å². The van der Waals surface area contributed by atoms with Crippen molar-refractivity contribution in [1.29, 1.82) is 0 Å². The number of carbonyl (C=O) groups excluding carboxylic acids is 1. The van der Waals surface area contributed by atoms with E-state index in [0.29, 0.717) is 18.9 Å². The summed E-state index contributed by atoms with van der Waals surface area (Å²) in [6, 6.07) is 8.01. The van der Waals surface area contributed by atoms with Crippen molar-refractivity contribution in [3.63, 3.8) is 0 Å². The third kappa shape index (κ3) is 6.62. The minimum Gasteiger partial charge on any atom is -0.350 e. The van der Waals surface area contributed by atoms with Crippen molar-refractivity contribution < 1.29 is 4.79 Å². The van der Waals surface area contributed by atoms with Gasteiger partial charge in [-0.25, -0.2) is 0 Å². The lowest BCUT2D eigenvalue weighted by molar-refractivity contribution is -0.122. The maximum absolute atomic E-state index is 12.1. The SMILES string of the molecule is CCCC(CCN)CCC(=O)N[C@@H](C)c1ccccc1Br. The molecule has 0 heterocycles. The van der Waals surface area contributed by atoms with E-state index in [-0.39, 0.29) is 11.9 Å². The van der Waals surface area contributed by atoms with Crippen LogP contribution in [0.15, 0.2) is 28.7 Å². The van der Waals surface area contributed by atoms with Gasteiger partial charge < -0.3 is 11.1 Å². The van der Waals surface area contributed by atoms with E-state index in [1.807, 2.05) is 31.2 Å². The lowest BCUT2D eigenvalue weighted by Crippen LogP contribution is -2.27. The van der Waals surface area contributed by atoms with Crippen LogP contribution in [0, 0.1) is 5.92 Å². The maximum Gasteiger partial charge on any atom is 0.220 e. The van der Waals surface area contributed by atoms with E-state index in [9.17, 15) is 4.79 Å². The van der Waals surface area contributed by atoms with E-state index in [1.54, 1.807) is 0 Å². The molecule has 0 aromatic heterocycles. The number of hydrogen-bond donors (Lipinski definition) is 2. The Morgan fingerprint density at radius 1 is 1.29 bits per heavy atom. The van der Waals surface area contributed by atoms with Gasteiger partial charge in [0.1, 0.15) is 0 Å². The van der Waals surface area contributed by atoms with Gasteiger partial charge in [-0.1, -0.05) is 53.9 Å². The van der Waals surface area contributed by atoms with E-state index in [0.717, 1.165) is 35.7 Å². The first kappa shape index (κ1) is 18.2. The number of nitrogens with one attached hydrogen (secondary N) is 1. The molecule has 0 aliphatic heterocycles. The second-order valence-electron chi connectivity index (χ2n) is 5.58. The molecule has 1 aromatic carbocycles. The van der Waals surface area contributed by atoms with Gasteiger partial charge in [-0.15, -0.1) is 0 Å². The summed E-state index contributed by atoms with van der Waals surface area (Å²) in [5, 5.41) is 3.08. The van der Waals surface area contributed by atoms with Crippen molar-refractivity contribution >= 4 is 21.8 Å². The predicted octanol–water partition coefficient (Wildman–Crippen LogP) is 4.17. The molecule has 21 heavy (non-hydrogen) atoms. The largest absolute Gasteiger partial charge is 0.350 e. The van der Waals surface area contributed by atoms with Crippen LogP contribution in [0.3, 0.4) is 0 Å². The molecule has 118 valence electrons. The van der Waals surface area contributed by atoms with E-state index < -0.39 is 0 Å². The fourth-order valence-electron chi connectivity index (χ4n) is 2.63. The zero-order valence-electron chi connectivity index (χ0n) is 13.1. The molecule has 0 spiro atoms. The summed E-state index contributed by atoms with van der Waals surface area (Å²) < 4.78 is 1.03. The molecule has 4 heteroatoms. The summed E-state index contributed by atoms with van der Waals surface area (Å²) in [7, 11) is 0. The molecule has 0 saturated carbocycles. The molecule has 0 radical (unpaired) electrons. The third-order valence-electron chi connectivity index (χ3n) is 3.80. The Morgan fingerprint density at radius 3 is 2.62 bits per heavy atom. The molecule has 3 N–H and O–H groups in total. The molecule has 3 nitrogen and oxygen atoms in total. The minimum absolute atomic E-state index is 0.0206. The lowest BCUT2D eigenvalue weighted by atomic mass is 9.94. The molecule has 1 rings (SSSR count).